The number of aromatic nitrogens is 3. The third-order valence-electron chi connectivity index (χ3n) is 9.23. The summed E-state index contributed by atoms with van der Waals surface area (Å²) >= 11 is 0. The summed E-state index contributed by atoms with van der Waals surface area (Å²) in [5, 5.41) is 7.05. The van der Waals surface area contributed by atoms with Gasteiger partial charge >= 0.3 is 6.18 Å². The quantitative estimate of drug-likeness (QED) is 0.297. The fourth-order valence-electron chi connectivity index (χ4n) is 6.34. The SMILES string of the molecule is CC1CC1CCNCc1nc2c(c(Nc3ccc4c(c3)N(C)CCC4(C)C)n1)CCN(c1ncccc1C(F)(F)F)C2. The molecule has 2 aliphatic heterocycles. The molecule has 42 heavy (non-hydrogen) atoms. The minimum Gasteiger partial charge on any atom is -0.374 e. The van der Waals surface area contributed by atoms with E-state index in [2.05, 4.69) is 66.5 Å². The molecule has 1 fully saturated rings. The van der Waals surface area contributed by atoms with Crippen LogP contribution >= 0.6 is 0 Å². The van der Waals surface area contributed by atoms with E-state index in [9.17, 15) is 13.2 Å². The number of benzene rings is 1. The number of pyridine rings is 1. The Bertz CT molecular complexity index is 1450. The number of fused-ring (bicyclic) bond motifs is 2. The smallest absolute Gasteiger partial charge is 0.374 e. The predicted octanol–water partition coefficient (Wildman–Crippen LogP) is 6.45. The Morgan fingerprint density at radius 2 is 1.93 bits per heavy atom. The van der Waals surface area contributed by atoms with Gasteiger partial charge in [-0.2, -0.15) is 13.2 Å². The van der Waals surface area contributed by atoms with E-state index < -0.39 is 11.7 Å². The minimum atomic E-state index is -4.48. The second-order valence-corrected chi connectivity index (χ2v) is 12.8. The zero-order valence-electron chi connectivity index (χ0n) is 24.9. The average molecular weight is 580 g/mol. The van der Waals surface area contributed by atoms with E-state index in [1.165, 1.54) is 29.9 Å². The molecular weight excluding hydrogens is 539 g/mol. The van der Waals surface area contributed by atoms with E-state index in [4.69, 9.17) is 9.97 Å². The highest BCUT2D eigenvalue weighted by molar-refractivity contribution is 5.70. The summed E-state index contributed by atoms with van der Waals surface area (Å²) in [7, 11) is 2.12. The van der Waals surface area contributed by atoms with Gasteiger partial charge in [0, 0.05) is 43.3 Å². The summed E-state index contributed by atoms with van der Waals surface area (Å²) in [6.45, 7) is 9.86. The Morgan fingerprint density at radius 1 is 1.12 bits per heavy atom. The number of hydrogen-bond donors (Lipinski definition) is 2. The number of rotatable bonds is 8. The van der Waals surface area contributed by atoms with Crippen LogP contribution in [0.2, 0.25) is 0 Å². The average Bonchev–Trinajstić information content (AvgIpc) is 3.67. The van der Waals surface area contributed by atoms with Crippen molar-refractivity contribution < 1.29 is 13.2 Å². The van der Waals surface area contributed by atoms with Crippen molar-refractivity contribution in [1.82, 2.24) is 20.3 Å². The van der Waals surface area contributed by atoms with Crippen molar-refractivity contribution in [1.29, 1.82) is 0 Å². The molecule has 1 saturated carbocycles. The summed E-state index contributed by atoms with van der Waals surface area (Å²) in [6, 6.07) is 8.90. The predicted molar refractivity (Wildman–Crippen MR) is 160 cm³/mol. The molecule has 3 aromatic rings. The number of anilines is 4. The van der Waals surface area contributed by atoms with Gasteiger partial charge in [-0.1, -0.05) is 26.8 Å². The van der Waals surface area contributed by atoms with E-state index in [1.807, 2.05) is 0 Å². The van der Waals surface area contributed by atoms with E-state index in [0.29, 0.717) is 25.3 Å². The van der Waals surface area contributed by atoms with Crippen molar-refractivity contribution >= 4 is 23.0 Å². The van der Waals surface area contributed by atoms with E-state index >= 15 is 0 Å². The number of hydrogen-bond acceptors (Lipinski definition) is 7. The molecule has 0 saturated heterocycles. The van der Waals surface area contributed by atoms with Crippen molar-refractivity contribution in [3.63, 3.8) is 0 Å². The molecule has 0 amide bonds. The molecule has 1 aromatic carbocycles. The molecule has 2 unspecified atom stereocenters. The summed E-state index contributed by atoms with van der Waals surface area (Å²) in [5.74, 6) is 2.91. The highest BCUT2D eigenvalue weighted by Crippen LogP contribution is 2.42. The third-order valence-corrected chi connectivity index (χ3v) is 9.23. The Balaban J connectivity index is 1.30. The van der Waals surface area contributed by atoms with Gasteiger partial charge in [-0.3, -0.25) is 0 Å². The summed E-state index contributed by atoms with van der Waals surface area (Å²) in [6.07, 6.45) is 0.964. The molecule has 1 aliphatic carbocycles. The molecule has 10 heteroatoms. The lowest BCUT2D eigenvalue weighted by molar-refractivity contribution is -0.137. The molecule has 224 valence electrons. The van der Waals surface area contributed by atoms with Gasteiger partial charge in [0.15, 0.2) is 0 Å². The summed E-state index contributed by atoms with van der Waals surface area (Å²) in [5.41, 5.74) is 4.53. The van der Waals surface area contributed by atoms with Crippen LogP contribution in [0.1, 0.15) is 68.2 Å². The van der Waals surface area contributed by atoms with E-state index in [1.54, 1.807) is 4.90 Å². The molecule has 0 radical (unpaired) electrons. The standard InChI is InChI=1S/C32H40F3N7/c1-20-16-21(20)9-13-36-18-28-39-26-19-42(30-25(32(33,34)35)6-5-12-37-30)14-10-23(26)29(40-28)38-22-7-8-24-27(17-22)41(4)15-11-31(24,2)3/h5-8,12,17,20-21,36H,9-11,13-16,18-19H2,1-4H3,(H,38,39,40). The molecular formula is C32H40F3N7. The molecule has 6 rings (SSSR count). The van der Waals surface area contributed by atoms with Crippen LogP contribution in [0, 0.1) is 11.8 Å². The van der Waals surface area contributed by atoms with Crippen LogP contribution in [0.3, 0.4) is 0 Å². The van der Waals surface area contributed by atoms with Crippen LogP contribution in [0.5, 0.6) is 0 Å². The largest absolute Gasteiger partial charge is 0.419 e. The lowest BCUT2D eigenvalue weighted by atomic mass is 9.78. The second kappa shape index (κ2) is 11.0. The highest BCUT2D eigenvalue weighted by atomic mass is 19.4. The van der Waals surface area contributed by atoms with Gasteiger partial charge in [0.1, 0.15) is 17.5 Å². The zero-order chi connectivity index (χ0) is 29.6. The molecule has 2 N–H and O–H groups in total. The van der Waals surface area contributed by atoms with Crippen LogP contribution in [-0.2, 0) is 31.1 Å². The topological polar surface area (TPSA) is 69.2 Å². The van der Waals surface area contributed by atoms with Crippen molar-refractivity contribution in [2.75, 3.05) is 41.8 Å². The van der Waals surface area contributed by atoms with Crippen LogP contribution < -0.4 is 20.4 Å². The van der Waals surface area contributed by atoms with Gasteiger partial charge in [0.2, 0.25) is 0 Å². The molecule has 2 atom stereocenters. The van der Waals surface area contributed by atoms with E-state index in [-0.39, 0.29) is 17.8 Å². The van der Waals surface area contributed by atoms with Gasteiger partial charge < -0.3 is 20.4 Å². The Morgan fingerprint density at radius 3 is 2.69 bits per heavy atom. The molecule has 2 aromatic heterocycles. The molecule has 0 bridgehead atoms. The van der Waals surface area contributed by atoms with Gasteiger partial charge in [0.05, 0.1) is 24.3 Å². The Labute approximate surface area is 246 Å². The maximum atomic E-state index is 13.8. The number of nitrogens with zero attached hydrogens (tertiary/aromatic N) is 5. The first-order valence-corrected chi connectivity index (χ1v) is 15.0. The van der Waals surface area contributed by atoms with Crippen molar-refractivity contribution in [3.8, 4) is 0 Å². The molecule has 7 nitrogen and oxygen atoms in total. The van der Waals surface area contributed by atoms with Crippen molar-refractivity contribution in [3.05, 3.63) is 64.7 Å². The Kier molecular flexibility index (Phi) is 7.53. The molecule has 3 aliphatic rings. The van der Waals surface area contributed by atoms with Gasteiger partial charge in [-0.15, -0.1) is 0 Å². The fraction of sp³-hybridized carbons (Fsp3) is 0.531. The maximum absolute atomic E-state index is 13.8. The third kappa shape index (κ3) is 5.91. The molecule has 0 spiro atoms. The fourth-order valence-corrected chi connectivity index (χ4v) is 6.34. The monoisotopic (exact) mass is 579 g/mol. The Hall–Kier alpha value is -3.40. The number of halogens is 3. The van der Waals surface area contributed by atoms with Crippen LogP contribution in [0.15, 0.2) is 36.5 Å². The summed E-state index contributed by atoms with van der Waals surface area (Å²) < 4.78 is 41.4. The van der Waals surface area contributed by atoms with Gasteiger partial charge in [-0.05, 0) is 79.3 Å². The first kappa shape index (κ1) is 28.7. The van der Waals surface area contributed by atoms with Crippen LogP contribution in [0.4, 0.5) is 36.2 Å². The first-order valence-electron chi connectivity index (χ1n) is 15.0. The van der Waals surface area contributed by atoms with Gasteiger partial charge in [0.25, 0.3) is 0 Å². The van der Waals surface area contributed by atoms with Gasteiger partial charge in [-0.25, -0.2) is 15.0 Å². The molecule has 4 heterocycles. The zero-order valence-corrected chi connectivity index (χ0v) is 24.9. The maximum Gasteiger partial charge on any atom is 0.419 e. The number of nitrogens with one attached hydrogen (secondary N) is 2. The lowest BCUT2D eigenvalue weighted by Crippen LogP contribution is -2.35. The second-order valence-electron chi connectivity index (χ2n) is 12.8. The first-order chi connectivity index (χ1) is 20.0. The van der Waals surface area contributed by atoms with Crippen molar-refractivity contribution in [2.24, 2.45) is 11.8 Å². The van der Waals surface area contributed by atoms with Crippen LogP contribution in [0.25, 0.3) is 0 Å². The lowest BCUT2D eigenvalue weighted by Gasteiger charge is -2.38. The van der Waals surface area contributed by atoms with Crippen LogP contribution in [-0.4, -0.2) is 41.6 Å². The van der Waals surface area contributed by atoms with Crippen molar-refractivity contribution in [2.45, 2.75) is 71.1 Å². The minimum absolute atomic E-state index is 0.0534. The van der Waals surface area contributed by atoms with E-state index in [0.717, 1.165) is 66.6 Å². The number of alkyl halides is 3. The highest BCUT2D eigenvalue weighted by Gasteiger charge is 2.37. The normalized spacial score (nSPS) is 21.1. The summed E-state index contributed by atoms with van der Waals surface area (Å²) in [4.78, 5) is 17.9.